The fourth-order valence-corrected chi connectivity index (χ4v) is 5.33. The average Bonchev–Trinajstić information content (AvgIpc) is 2.99. The first kappa shape index (κ1) is 20.8. The highest BCUT2D eigenvalue weighted by Crippen LogP contribution is 2.30. The maximum atomic E-state index is 12.7. The molecule has 7 heteroatoms. The van der Waals surface area contributed by atoms with Gasteiger partial charge < -0.3 is 5.32 Å². The summed E-state index contributed by atoms with van der Waals surface area (Å²) in [5, 5.41) is 3.03. The lowest BCUT2D eigenvalue weighted by Crippen LogP contribution is -2.33. The van der Waals surface area contributed by atoms with E-state index < -0.39 is 15.9 Å². The third-order valence-electron chi connectivity index (χ3n) is 5.25. The van der Waals surface area contributed by atoms with E-state index in [2.05, 4.69) is 5.32 Å². The van der Waals surface area contributed by atoms with Crippen LogP contribution in [0.25, 0.3) is 0 Å². The van der Waals surface area contributed by atoms with E-state index in [0.717, 1.165) is 15.4 Å². The Morgan fingerprint density at radius 3 is 1.97 bits per heavy atom. The molecule has 1 heterocycles. The Morgan fingerprint density at radius 1 is 0.839 bits per heavy atom. The SMILES string of the molecule is O=C(CCCN1C(=O)c2ccccc2S1(=O)=O)NC(c1ccccc1)c1ccccc1. The number of rotatable bonds is 7. The highest BCUT2D eigenvalue weighted by Gasteiger charge is 2.40. The van der Waals surface area contributed by atoms with Crippen molar-refractivity contribution >= 4 is 21.8 Å². The molecule has 1 aliphatic rings. The minimum Gasteiger partial charge on any atom is -0.345 e. The van der Waals surface area contributed by atoms with E-state index in [1.54, 1.807) is 12.1 Å². The zero-order chi connectivity index (χ0) is 21.8. The second-order valence-corrected chi connectivity index (χ2v) is 9.13. The second kappa shape index (κ2) is 8.73. The van der Waals surface area contributed by atoms with Crippen molar-refractivity contribution in [2.75, 3.05) is 6.54 Å². The van der Waals surface area contributed by atoms with Crippen molar-refractivity contribution in [2.24, 2.45) is 0 Å². The van der Waals surface area contributed by atoms with Crippen molar-refractivity contribution in [1.29, 1.82) is 0 Å². The average molecular weight is 435 g/mol. The minimum atomic E-state index is -3.85. The number of nitrogens with one attached hydrogen (secondary N) is 1. The second-order valence-electron chi connectivity index (χ2n) is 7.30. The smallest absolute Gasteiger partial charge is 0.269 e. The summed E-state index contributed by atoms with van der Waals surface area (Å²) in [6.45, 7) is -0.0371. The number of nitrogens with zero attached hydrogens (tertiary/aromatic N) is 1. The fourth-order valence-electron chi connectivity index (χ4n) is 3.72. The molecule has 4 rings (SSSR count). The van der Waals surface area contributed by atoms with Crippen LogP contribution in [0.4, 0.5) is 0 Å². The molecule has 0 spiro atoms. The maximum absolute atomic E-state index is 12.7. The van der Waals surface area contributed by atoms with Crippen LogP contribution in [0.5, 0.6) is 0 Å². The van der Waals surface area contributed by atoms with Gasteiger partial charge in [-0.2, -0.15) is 0 Å². The van der Waals surface area contributed by atoms with Crippen LogP contribution in [-0.2, 0) is 14.8 Å². The van der Waals surface area contributed by atoms with Crippen LogP contribution < -0.4 is 5.32 Å². The number of hydrogen-bond acceptors (Lipinski definition) is 4. The van der Waals surface area contributed by atoms with Gasteiger partial charge in [0.25, 0.3) is 15.9 Å². The first-order chi connectivity index (χ1) is 15.0. The summed E-state index contributed by atoms with van der Waals surface area (Å²) in [4.78, 5) is 25.2. The molecule has 0 atom stereocenters. The molecular weight excluding hydrogens is 412 g/mol. The van der Waals surface area contributed by atoms with E-state index in [4.69, 9.17) is 0 Å². The molecule has 6 nitrogen and oxygen atoms in total. The number of fused-ring (bicyclic) bond motifs is 1. The number of hydrogen-bond donors (Lipinski definition) is 1. The van der Waals surface area contributed by atoms with Gasteiger partial charge in [0.15, 0.2) is 0 Å². The Morgan fingerprint density at radius 2 is 1.39 bits per heavy atom. The summed E-state index contributed by atoms with van der Waals surface area (Å²) in [6, 6.07) is 25.1. The van der Waals surface area contributed by atoms with Crippen molar-refractivity contribution in [3.8, 4) is 0 Å². The first-order valence-electron chi connectivity index (χ1n) is 10.0. The molecular formula is C24H22N2O4S. The summed E-state index contributed by atoms with van der Waals surface area (Å²) in [5.41, 5.74) is 2.09. The minimum absolute atomic E-state index is 0.0256. The lowest BCUT2D eigenvalue weighted by atomic mass is 9.98. The summed E-state index contributed by atoms with van der Waals surface area (Å²) in [7, 11) is -3.85. The Hall–Kier alpha value is -3.45. The number of carbonyl (C=O) groups excluding carboxylic acids is 2. The van der Waals surface area contributed by atoms with Crippen LogP contribution in [0.2, 0.25) is 0 Å². The number of benzene rings is 3. The number of carbonyl (C=O) groups is 2. The fraction of sp³-hybridized carbons (Fsp3) is 0.167. The Kier molecular flexibility index (Phi) is 5.86. The number of sulfonamides is 1. The molecule has 0 bridgehead atoms. The first-order valence-corrected chi connectivity index (χ1v) is 11.5. The van der Waals surface area contributed by atoms with Gasteiger partial charge in [-0.05, 0) is 29.7 Å². The molecule has 0 aliphatic carbocycles. The number of amides is 2. The molecule has 0 radical (unpaired) electrons. The van der Waals surface area contributed by atoms with E-state index in [0.29, 0.717) is 0 Å². The lowest BCUT2D eigenvalue weighted by molar-refractivity contribution is -0.121. The van der Waals surface area contributed by atoms with Gasteiger partial charge in [-0.3, -0.25) is 9.59 Å². The van der Waals surface area contributed by atoms with Crippen LogP contribution in [0.1, 0.15) is 40.4 Å². The van der Waals surface area contributed by atoms with E-state index in [-0.39, 0.29) is 41.8 Å². The van der Waals surface area contributed by atoms with Crippen LogP contribution in [0.3, 0.4) is 0 Å². The van der Waals surface area contributed by atoms with Gasteiger partial charge in [-0.15, -0.1) is 0 Å². The Labute approximate surface area is 181 Å². The van der Waals surface area contributed by atoms with Crippen molar-refractivity contribution in [3.63, 3.8) is 0 Å². The summed E-state index contributed by atoms with van der Waals surface area (Å²) >= 11 is 0. The summed E-state index contributed by atoms with van der Waals surface area (Å²) < 4.78 is 26.1. The maximum Gasteiger partial charge on any atom is 0.269 e. The quantitative estimate of drug-likeness (QED) is 0.617. The third-order valence-corrected chi connectivity index (χ3v) is 7.09. The highest BCUT2D eigenvalue weighted by molar-refractivity contribution is 7.90. The zero-order valence-corrected chi connectivity index (χ0v) is 17.6. The van der Waals surface area contributed by atoms with Gasteiger partial charge in [0.1, 0.15) is 4.90 Å². The molecule has 31 heavy (non-hydrogen) atoms. The molecule has 3 aromatic carbocycles. The molecule has 1 N–H and O–H groups in total. The van der Waals surface area contributed by atoms with Gasteiger partial charge in [0, 0.05) is 13.0 Å². The zero-order valence-electron chi connectivity index (χ0n) is 16.8. The Balaban J connectivity index is 1.41. The van der Waals surface area contributed by atoms with Gasteiger partial charge in [0.05, 0.1) is 11.6 Å². The molecule has 0 unspecified atom stereocenters. The molecule has 0 saturated carbocycles. The van der Waals surface area contributed by atoms with Crippen LogP contribution in [0, 0.1) is 0 Å². The van der Waals surface area contributed by atoms with Crippen LogP contribution in [0.15, 0.2) is 89.8 Å². The Bertz CT molecular complexity index is 1160. The molecule has 3 aromatic rings. The largest absolute Gasteiger partial charge is 0.345 e. The van der Waals surface area contributed by atoms with Gasteiger partial charge >= 0.3 is 0 Å². The van der Waals surface area contributed by atoms with E-state index in [9.17, 15) is 18.0 Å². The van der Waals surface area contributed by atoms with Crippen molar-refractivity contribution in [2.45, 2.75) is 23.8 Å². The molecule has 0 saturated heterocycles. The predicted molar refractivity (Wildman–Crippen MR) is 117 cm³/mol. The molecule has 1 aliphatic heterocycles. The van der Waals surface area contributed by atoms with Gasteiger partial charge in [-0.25, -0.2) is 12.7 Å². The topological polar surface area (TPSA) is 83.6 Å². The normalized spacial score (nSPS) is 14.5. The molecule has 158 valence electrons. The molecule has 0 fully saturated rings. The van der Waals surface area contributed by atoms with Gasteiger partial charge in [0.2, 0.25) is 5.91 Å². The molecule has 0 aromatic heterocycles. The van der Waals surface area contributed by atoms with Crippen molar-refractivity contribution in [1.82, 2.24) is 9.62 Å². The third kappa shape index (κ3) is 4.22. The molecule has 2 amide bonds. The van der Waals surface area contributed by atoms with Gasteiger partial charge in [-0.1, -0.05) is 72.8 Å². The monoisotopic (exact) mass is 434 g/mol. The van der Waals surface area contributed by atoms with E-state index >= 15 is 0 Å². The van der Waals surface area contributed by atoms with Crippen molar-refractivity contribution < 1.29 is 18.0 Å². The lowest BCUT2D eigenvalue weighted by Gasteiger charge is -2.20. The highest BCUT2D eigenvalue weighted by atomic mass is 32.2. The van der Waals surface area contributed by atoms with Crippen molar-refractivity contribution in [3.05, 3.63) is 102 Å². The van der Waals surface area contributed by atoms with Crippen LogP contribution >= 0.6 is 0 Å². The van der Waals surface area contributed by atoms with E-state index in [1.165, 1.54) is 12.1 Å². The summed E-state index contributed by atoms with van der Waals surface area (Å²) in [6.07, 6.45) is 0.340. The van der Waals surface area contributed by atoms with Crippen LogP contribution in [-0.4, -0.2) is 31.1 Å². The summed E-state index contributed by atoms with van der Waals surface area (Å²) in [5.74, 6) is -0.748. The predicted octanol–water partition coefficient (Wildman–Crippen LogP) is 3.52. The standard InChI is InChI=1S/C24H22N2O4S/c27-22(25-23(18-10-3-1-4-11-18)19-12-5-2-6-13-19)16-9-17-26-24(28)20-14-7-8-15-21(20)31(26,29)30/h1-8,10-15,23H,9,16-17H2,(H,25,27). The van der Waals surface area contributed by atoms with E-state index in [1.807, 2.05) is 60.7 Å².